The molecule has 8 aromatic carbocycles. The SMILES string of the molecule is c1ccc(-c2ccc3c(c2)C2(C4=C3C3(c5cc(-c6ccc7ccccc7c6)ccc54)c4ccccc4-c4ccccc43)c3ccccc3-c3ccccc32)nc1. The molecule has 1 nitrogen and oxygen atoms in total. The molecule has 56 heavy (non-hydrogen) atoms. The van der Waals surface area contributed by atoms with E-state index in [1.165, 1.54) is 99.8 Å². The molecule has 258 valence electrons. The third-order valence-corrected chi connectivity index (χ3v) is 13.3. The van der Waals surface area contributed by atoms with Crippen molar-refractivity contribution in [3.05, 3.63) is 245 Å². The van der Waals surface area contributed by atoms with Gasteiger partial charge in [0.25, 0.3) is 0 Å². The van der Waals surface area contributed by atoms with Gasteiger partial charge < -0.3 is 0 Å². The molecule has 0 atom stereocenters. The number of allylic oxidation sites excluding steroid dienone is 2. The molecular weight excluding hydrogens is 675 g/mol. The second-order valence-electron chi connectivity index (χ2n) is 15.7. The van der Waals surface area contributed by atoms with Crippen molar-refractivity contribution in [3.63, 3.8) is 0 Å². The van der Waals surface area contributed by atoms with Crippen LogP contribution < -0.4 is 0 Å². The van der Waals surface area contributed by atoms with E-state index in [1.54, 1.807) is 0 Å². The van der Waals surface area contributed by atoms with Crippen LogP contribution in [0.2, 0.25) is 0 Å². The number of hydrogen-bond acceptors (Lipinski definition) is 1. The van der Waals surface area contributed by atoms with Crippen molar-refractivity contribution in [2.24, 2.45) is 0 Å². The highest BCUT2D eigenvalue weighted by Gasteiger charge is 2.63. The maximum absolute atomic E-state index is 4.86. The van der Waals surface area contributed by atoms with Gasteiger partial charge in [0.1, 0.15) is 0 Å². The highest BCUT2D eigenvalue weighted by Crippen LogP contribution is 2.74. The summed E-state index contributed by atoms with van der Waals surface area (Å²) < 4.78 is 0. The summed E-state index contributed by atoms with van der Waals surface area (Å²) in [6.07, 6.45) is 1.90. The van der Waals surface area contributed by atoms with Crippen LogP contribution in [0.3, 0.4) is 0 Å². The molecule has 0 saturated heterocycles. The molecule has 4 aliphatic carbocycles. The summed E-state index contributed by atoms with van der Waals surface area (Å²) in [6.45, 7) is 0. The number of fused-ring (bicyclic) bond motifs is 19. The quantitative estimate of drug-likeness (QED) is 0.174. The molecule has 0 N–H and O–H groups in total. The maximum atomic E-state index is 4.86. The first-order valence-corrected chi connectivity index (χ1v) is 19.6. The van der Waals surface area contributed by atoms with Crippen LogP contribution >= 0.6 is 0 Å². The second kappa shape index (κ2) is 10.8. The highest BCUT2D eigenvalue weighted by atomic mass is 14.7. The van der Waals surface area contributed by atoms with Crippen molar-refractivity contribution in [3.8, 4) is 44.6 Å². The number of aromatic nitrogens is 1. The molecule has 1 aromatic heterocycles. The van der Waals surface area contributed by atoms with Crippen molar-refractivity contribution >= 4 is 21.9 Å². The standard InChI is InChI=1S/C55H33N/c1-2-14-35-31-36(25-24-34(35)13-1)37-26-28-43-49(32-37)54(45-19-7-3-15-39(45)40-16-4-8-20-46(40)54)53-44-29-27-38(51-23-11-12-30-56-51)33-50(44)55(52(43)53)47-21-9-5-17-41(47)42-18-6-10-22-48(42)55/h1-33H. The Morgan fingerprint density at radius 2 is 0.714 bits per heavy atom. The Morgan fingerprint density at radius 1 is 0.286 bits per heavy atom. The number of benzene rings is 8. The number of nitrogens with zero attached hydrogens (tertiary/aromatic N) is 1. The van der Waals surface area contributed by atoms with Gasteiger partial charge in [0.15, 0.2) is 0 Å². The summed E-state index contributed by atoms with van der Waals surface area (Å²) in [5.41, 5.74) is 22.4. The first-order chi connectivity index (χ1) is 27.8. The van der Waals surface area contributed by atoms with E-state index in [0.29, 0.717) is 0 Å². The molecule has 0 saturated carbocycles. The summed E-state index contributed by atoms with van der Waals surface area (Å²) in [5.74, 6) is 0. The Morgan fingerprint density at radius 3 is 1.25 bits per heavy atom. The van der Waals surface area contributed by atoms with Gasteiger partial charge >= 0.3 is 0 Å². The summed E-state index contributed by atoms with van der Waals surface area (Å²) in [6, 6.07) is 73.1. The largest absolute Gasteiger partial charge is 0.256 e. The molecule has 0 amide bonds. The molecule has 13 rings (SSSR count). The van der Waals surface area contributed by atoms with Crippen LogP contribution in [0.5, 0.6) is 0 Å². The Balaban J connectivity index is 1.21. The van der Waals surface area contributed by atoms with E-state index in [2.05, 4.69) is 188 Å². The second-order valence-corrected chi connectivity index (χ2v) is 15.7. The molecule has 1 heterocycles. The van der Waals surface area contributed by atoms with E-state index in [9.17, 15) is 0 Å². The Hall–Kier alpha value is -7.09. The van der Waals surface area contributed by atoms with Crippen molar-refractivity contribution in [2.75, 3.05) is 0 Å². The first-order valence-electron chi connectivity index (χ1n) is 19.6. The van der Waals surface area contributed by atoms with E-state index >= 15 is 0 Å². The fourth-order valence-corrected chi connectivity index (χ4v) is 11.3. The normalized spacial score (nSPS) is 15.4. The zero-order chi connectivity index (χ0) is 36.6. The molecule has 1 heteroatoms. The minimum absolute atomic E-state index is 0.526. The minimum Gasteiger partial charge on any atom is -0.256 e. The fourth-order valence-electron chi connectivity index (χ4n) is 11.3. The molecule has 9 aromatic rings. The molecule has 0 bridgehead atoms. The van der Waals surface area contributed by atoms with Crippen molar-refractivity contribution in [1.82, 2.24) is 4.98 Å². The third kappa shape index (κ3) is 3.55. The molecule has 0 radical (unpaired) electrons. The maximum Gasteiger partial charge on any atom is 0.0728 e. The Bertz CT molecular complexity index is 3110. The van der Waals surface area contributed by atoms with Crippen LogP contribution in [0.4, 0.5) is 0 Å². The van der Waals surface area contributed by atoms with Gasteiger partial charge in [-0.3, -0.25) is 4.98 Å². The molecule has 0 unspecified atom stereocenters. The third-order valence-electron chi connectivity index (χ3n) is 13.3. The van der Waals surface area contributed by atoms with Gasteiger partial charge in [0, 0.05) is 11.8 Å². The lowest BCUT2D eigenvalue weighted by atomic mass is 9.66. The van der Waals surface area contributed by atoms with E-state index < -0.39 is 10.8 Å². The van der Waals surface area contributed by atoms with Crippen LogP contribution in [0.1, 0.15) is 44.5 Å². The van der Waals surface area contributed by atoms with Crippen molar-refractivity contribution in [1.29, 1.82) is 0 Å². The average Bonchev–Trinajstić information content (AvgIpc) is 3.95. The zero-order valence-electron chi connectivity index (χ0n) is 30.5. The van der Waals surface area contributed by atoms with E-state index in [0.717, 1.165) is 11.3 Å². The lowest BCUT2D eigenvalue weighted by Crippen LogP contribution is -2.28. The summed E-state index contributed by atoms with van der Waals surface area (Å²) >= 11 is 0. The van der Waals surface area contributed by atoms with Gasteiger partial charge in [0.05, 0.1) is 16.5 Å². The fraction of sp³-hybridized carbons (Fsp3) is 0.0364. The number of hydrogen-bond donors (Lipinski definition) is 0. The predicted molar refractivity (Wildman–Crippen MR) is 229 cm³/mol. The van der Waals surface area contributed by atoms with Crippen LogP contribution in [0, 0.1) is 0 Å². The van der Waals surface area contributed by atoms with Crippen molar-refractivity contribution < 1.29 is 0 Å². The lowest BCUT2D eigenvalue weighted by molar-refractivity contribution is 0.827. The minimum atomic E-state index is -0.530. The van der Waals surface area contributed by atoms with Crippen LogP contribution in [0.25, 0.3) is 66.6 Å². The van der Waals surface area contributed by atoms with Crippen LogP contribution in [-0.4, -0.2) is 4.98 Å². The van der Waals surface area contributed by atoms with Crippen molar-refractivity contribution in [2.45, 2.75) is 10.8 Å². The number of pyridine rings is 1. The summed E-state index contributed by atoms with van der Waals surface area (Å²) in [7, 11) is 0. The molecule has 0 aliphatic heterocycles. The van der Waals surface area contributed by atoms with Gasteiger partial charge in [-0.15, -0.1) is 0 Å². The van der Waals surface area contributed by atoms with Gasteiger partial charge in [-0.2, -0.15) is 0 Å². The summed E-state index contributed by atoms with van der Waals surface area (Å²) in [4.78, 5) is 4.86. The van der Waals surface area contributed by atoms with Gasteiger partial charge in [-0.05, 0) is 130 Å². The van der Waals surface area contributed by atoms with E-state index in [4.69, 9.17) is 4.98 Å². The zero-order valence-corrected chi connectivity index (χ0v) is 30.5. The summed E-state index contributed by atoms with van der Waals surface area (Å²) in [5, 5.41) is 2.52. The molecule has 4 aliphatic rings. The predicted octanol–water partition coefficient (Wildman–Crippen LogP) is 13.1. The lowest BCUT2D eigenvalue weighted by Gasteiger charge is -2.35. The molecule has 2 spiro atoms. The van der Waals surface area contributed by atoms with Crippen LogP contribution in [-0.2, 0) is 10.8 Å². The monoisotopic (exact) mass is 707 g/mol. The van der Waals surface area contributed by atoms with E-state index in [-0.39, 0.29) is 0 Å². The van der Waals surface area contributed by atoms with Crippen LogP contribution in [0.15, 0.2) is 200 Å². The van der Waals surface area contributed by atoms with E-state index in [1.807, 2.05) is 12.3 Å². The Labute approximate surface area is 325 Å². The average molecular weight is 708 g/mol. The smallest absolute Gasteiger partial charge is 0.0728 e. The van der Waals surface area contributed by atoms with Gasteiger partial charge in [-0.1, -0.05) is 164 Å². The Kier molecular flexibility index (Phi) is 5.82. The van der Waals surface area contributed by atoms with Gasteiger partial charge in [0.2, 0.25) is 0 Å². The molecule has 0 fully saturated rings. The highest BCUT2D eigenvalue weighted by molar-refractivity contribution is 6.19. The van der Waals surface area contributed by atoms with Gasteiger partial charge in [-0.25, -0.2) is 0 Å². The first kappa shape index (κ1) is 30.3. The topological polar surface area (TPSA) is 12.9 Å². The molecular formula is C55H33N. The number of rotatable bonds is 2.